The zero-order chi connectivity index (χ0) is 22.7. The number of carbonyl (C=O) groups is 4. The third kappa shape index (κ3) is 7.85. The molecule has 1 unspecified atom stereocenters. The average Bonchev–Trinajstić information content (AvgIpc) is 2.68. The van der Waals surface area contributed by atoms with E-state index < -0.39 is 29.9 Å². The molecule has 0 radical (unpaired) electrons. The van der Waals surface area contributed by atoms with E-state index in [0.29, 0.717) is 19.4 Å². The second kappa shape index (κ2) is 12.6. The van der Waals surface area contributed by atoms with Gasteiger partial charge in [0.1, 0.15) is 18.1 Å². The minimum absolute atomic E-state index is 0.176. The Labute approximate surface area is 178 Å². The Morgan fingerprint density at radius 2 is 1.80 bits per heavy atom. The van der Waals surface area contributed by atoms with Crippen LogP contribution in [0.4, 0.5) is 0 Å². The number of nitrogens with zero attached hydrogens (tertiary/aromatic N) is 1. The summed E-state index contributed by atoms with van der Waals surface area (Å²) < 4.78 is 0. The Morgan fingerprint density at radius 3 is 2.43 bits per heavy atom. The standard InChI is InChI=1S/C22H34N4O4/c1-6-7-8-9-10-13-18(27)25-17-12-11-14-23-20(28)16(4)24-21(29)19(15(2)3)26(5)22(17)30/h6-10,13,15-17,19H,11-12,14H2,1-5H3,(H,23,28)(H,24,29)(H,25,27)/t16-,17?,19-/m0/s1. The predicted molar refractivity (Wildman–Crippen MR) is 116 cm³/mol. The Bertz CT molecular complexity index is 712. The van der Waals surface area contributed by atoms with Crippen molar-refractivity contribution in [1.29, 1.82) is 0 Å². The summed E-state index contributed by atoms with van der Waals surface area (Å²) in [5.41, 5.74) is 0. The fourth-order valence-electron chi connectivity index (χ4n) is 3.20. The largest absolute Gasteiger partial charge is 0.354 e. The fourth-order valence-corrected chi connectivity index (χ4v) is 3.20. The minimum Gasteiger partial charge on any atom is -0.354 e. The fraction of sp³-hybridized carbons (Fsp3) is 0.545. The molecular weight excluding hydrogens is 384 g/mol. The van der Waals surface area contributed by atoms with Crippen LogP contribution < -0.4 is 16.0 Å². The van der Waals surface area contributed by atoms with Crippen molar-refractivity contribution in [3.63, 3.8) is 0 Å². The van der Waals surface area contributed by atoms with Gasteiger partial charge >= 0.3 is 0 Å². The van der Waals surface area contributed by atoms with Gasteiger partial charge in [-0.25, -0.2) is 0 Å². The van der Waals surface area contributed by atoms with Gasteiger partial charge in [0.2, 0.25) is 23.6 Å². The molecule has 1 fully saturated rings. The molecule has 8 nitrogen and oxygen atoms in total. The lowest BCUT2D eigenvalue weighted by Gasteiger charge is -2.34. The second-order valence-corrected chi connectivity index (χ2v) is 7.63. The Kier molecular flexibility index (Phi) is 10.6. The second-order valence-electron chi connectivity index (χ2n) is 7.63. The van der Waals surface area contributed by atoms with E-state index in [1.807, 2.05) is 32.9 Å². The molecular formula is C22H34N4O4. The Hall–Kier alpha value is -2.90. The van der Waals surface area contributed by atoms with E-state index in [-0.39, 0.29) is 17.7 Å². The first-order chi connectivity index (χ1) is 14.2. The third-order valence-electron chi connectivity index (χ3n) is 4.77. The van der Waals surface area contributed by atoms with Gasteiger partial charge in [-0.15, -0.1) is 0 Å². The van der Waals surface area contributed by atoms with Crippen LogP contribution in [-0.4, -0.2) is 60.2 Å². The van der Waals surface area contributed by atoms with E-state index in [9.17, 15) is 19.2 Å². The van der Waals surface area contributed by atoms with Crippen molar-refractivity contribution < 1.29 is 19.2 Å². The van der Waals surface area contributed by atoms with E-state index in [1.54, 1.807) is 32.2 Å². The first-order valence-electron chi connectivity index (χ1n) is 10.3. The molecule has 0 aromatic carbocycles. The monoisotopic (exact) mass is 418 g/mol. The highest BCUT2D eigenvalue weighted by atomic mass is 16.2. The molecule has 3 N–H and O–H groups in total. The molecule has 166 valence electrons. The van der Waals surface area contributed by atoms with Gasteiger partial charge in [-0.2, -0.15) is 0 Å². The van der Waals surface area contributed by atoms with Crippen molar-refractivity contribution in [2.45, 2.75) is 58.7 Å². The highest BCUT2D eigenvalue weighted by Gasteiger charge is 2.35. The van der Waals surface area contributed by atoms with Gasteiger partial charge in [-0.1, -0.05) is 44.2 Å². The maximum Gasteiger partial charge on any atom is 0.245 e. The van der Waals surface area contributed by atoms with E-state index in [4.69, 9.17) is 0 Å². The maximum atomic E-state index is 13.1. The molecule has 1 aliphatic heterocycles. The topological polar surface area (TPSA) is 108 Å². The normalized spacial score (nSPS) is 24.8. The van der Waals surface area contributed by atoms with Crippen LogP contribution in [0.5, 0.6) is 0 Å². The van der Waals surface area contributed by atoms with Crippen molar-refractivity contribution in [1.82, 2.24) is 20.9 Å². The molecule has 0 spiro atoms. The number of likely N-dealkylation sites (N-methyl/N-ethyl adjacent to an activating group) is 1. The van der Waals surface area contributed by atoms with Gasteiger partial charge in [0.05, 0.1) is 0 Å². The van der Waals surface area contributed by atoms with Gasteiger partial charge < -0.3 is 20.9 Å². The number of nitrogens with one attached hydrogen (secondary N) is 3. The number of carbonyl (C=O) groups excluding carboxylic acids is 4. The summed E-state index contributed by atoms with van der Waals surface area (Å²) in [6.45, 7) is 7.51. The lowest BCUT2D eigenvalue weighted by atomic mass is 9.99. The zero-order valence-electron chi connectivity index (χ0n) is 18.5. The van der Waals surface area contributed by atoms with Crippen LogP contribution in [0, 0.1) is 5.92 Å². The van der Waals surface area contributed by atoms with Crippen molar-refractivity contribution in [3.05, 3.63) is 36.5 Å². The van der Waals surface area contributed by atoms with Gasteiger partial charge in [-0.3, -0.25) is 19.2 Å². The quantitative estimate of drug-likeness (QED) is 0.458. The molecule has 1 heterocycles. The lowest BCUT2D eigenvalue weighted by molar-refractivity contribution is -0.144. The van der Waals surface area contributed by atoms with Crippen LogP contribution in [-0.2, 0) is 19.2 Å². The summed E-state index contributed by atoms with van der Waals surface area (Å²) in [5.74, 6) is -1.60. The van der Waals surface area contributed by atoms with Crippen molar-refractivity contribution in [3.8, 4) is 0 Å². The molecule has 8 heteroatoms. The molecule has 3 atom stereocenters. The summed E-state index contributed by atoms with van der Waals surface area (Å²) in [4.78, 5) is 51.7. The van der Waals surface area contributed by atoms with Crippen LogP contribution in [0.2, 0.25) is 0 Å². The van der Waals surface area contributed by atoms with Crippen LogP contribution in [0.25, 0.3) is 0 Å². The molecule has 0 bridgehead atoms. The predicted octanol–water partition coefficient (Wildman–Crippen LogP) is 1.06. The van der Waals surface area contributed by atoms with Crippen LogP contribution >= 0.6 is 0 Å². The molecule has 1 rings (SSSR count). The summed E-state index contributed by atoms with van der Waals surface area (Å²) in [7, 11) is 1.55. The van der Waals surface area contributed by atoms with Gasteiger partial charge in [0.25, 0.3) is 0 Å². The minimum atomic E-state index is -0.797. The summed E-state index contributed by atoms with van der Waals surface area (Å²) in [5, 5.41) is 8.14. The van der Waals surface area contributed by atoms with E-state index in [2.05, 4.69) is 16.0 Å². The van der Waals surface area contributed by atoms with Crippen molar-refractivity contribution >= 4 is 23.6 Å². The molecule has 0 aromatic rings. The van der Waals surface area contributed by atoms with Crippen LogP contribution in [0.1, 0.15) is 40.5 Å². The van der Waals surface area contributed by atoms with Crippen LogP contribution in [0.15, 0.2) is 36.5 Å². The lowest BCUT2D eigenvalue weighted by Crippen LogP contribution is -2.58. The molecule has 1 aliphatic rings. The zero-order valence-corrected chi connectivity index (χ0v) is 18.5. The van der Waals surface area contributed by atoms with E-state index in [0.717, 1.165) is 0 Å². The maximum absolute atomic E-state index is 13.1. The average molecular weight is 419 g/mol. The molecule has 0 saturated carbocycles. The first kappa shape index (κ1) is 25.1. The number of hydrogen-bond acceptors (Lipinski definition) is 4. The number of hydrogen-bond donors (Lipinski definition) is 3. The number of amides is 4. The number of rotatable bonds is 5. The molecule has 1 saturated heterocycles. The highest BCUT2D eigenvalue weighted by Crippen LogP contribution is 2.14. The molecule has 30 heavy (non-hydrogen) atoms. The van der Waals surface area contributed by atoms with E-state index >= 15 is 0 Å². The van der Waals surface area contributed by atoms with Crippen LogP contribution in [0.3, 0.4) is 0 Å². The SMILES string of the molecule is CC=CC=CC=CC(=O)NC1CCCNC(=O)[C@H](C)NC(=O)[C@H](C(C)C)N(C)C1=O. The number of allylic oxidation sites excluding steroid dienone is 5. The summed E-state index contributed by atoms with van der Waals surface area (Å²) in [6.07, 6.45) is 11.0. The Balaban J connectivity index is 3.03. The first-order valence-corrected chi connectivity index (χ1v) is 10.3. The van der Waals surface area contributed by atoms with Crippen molar-refractivity contribution in [2.24, 2.45) is 5.92 Å². The van der Waals surface area contributed by atoms with E-state index in [1.165, 1.54) is 11.0 Å². The third-order valence-corrected chi connectivity index (χ3v) is 4.77. The van der Waals surface area contributed by atoms with Crippen molar-refractivity contribution in [2.75, 3.05) is 13.6 Å². The molecule has 0 aliphatic carbocycles. The smallest absolute Gasteiger partial charge is 0.245 e. The van der Waals surface area contributed by atoms with Gasteiger partial charge in [-0.05, 0) is 32.6 Å². The molecule has 0 aromatic heterocycles. The van der Waals surface area contributed by atoms with Gasteiger partial charge in [0, 0.05) is 19.7 Å². The Morgan fingerprint density at radius 1 is 1.13 bits per heavy atom. The summed E-state index contributed by atoms with van der Waals surface area (Å²) >= 11 is 0. The summed E-state index contributed by atoms with van der Waals surface area (Å²) in [6, 6.07) is -2.25. The van der Waals surface area contributed by atoms with Gasteiger partial charge in [0.15, 0.2) is 0 Å². The highest BCUT2D eigenvalue weighted by molar-refractivity contribution is 5.96. The molecule has 4 amide bonds.